The van der Waals surface area contributed by atoms with E-state index < -0.39 is 38.6 Å². The molecule has 0 aromatic carbocycles. The number of phosphoric ester groups is 1. The van der Waals surface area contributed by atoms with Crippen LogP contribution in [-0.2, 0) is 18.4 Å². The monoisotopic (exact) mass is 701 g/mol. The molecule has 4 atom stereocenters. The molecule has 0 aromatic rings. The van der Waals surface area contributed by atoms with Crippen molar-refractivity contribution in [2.24, 2.45) is 5.73 Å². The third-order valence-electron chi connectivity index (χ3n) is 8.26. The Hall–Kier alpha value is -1.32. The Bertz CT molecular complexity index is 868. The SMILES string of the molecule is CCCCC/C=C\C/C=C\CCCCCCCC(O)CC(=O)NC(COP(=O)(O)OCCN)C(O)/C=C/CCCCCCCCCCC. The summed E-state index contributed by atoms with van der Waals surface area (Å²) in [5.41, 5.74) is 5.34. The van der Waals surface area contributed by atoms with Crippen LogP contribution in [-0.4, -0.2) is 59.0 Å². The molecule has 4 unspecified atom stereocenters. The average Bonchev–Trinajstić information content (AvgIpc) is 3.06. The number of nitrogens with two attached hydrogens (primary N) is 1. The Morgan fingerprint density at radius 1 is 0.729 bits per heavy atom. The number of nitrogens with one attached hydrogen (secondary N) is 1. The first-order valence-corrected chi connectivity index (χ1v) is 20.7. The fourth-order valence-electron chi connectivity index (χ4n) is 5.32. The Balaban J connectivity index is 4.43. The molecule has 0 spiro atoms. The smallest absolute Gasteiger partial charge is 0.393 e. The summed E-state index contributed by atoms with van der Waals surface area (Å²) in [6.07, 6.45) is 35.1. The van der Waals surface area contributed by atoms with Gasteiger partial charge in [-0.15, -0.1) is 0 Å². The van der Waals surface area contributed by atoms with Crippen LogP contribution in [0.2, 0.25) is 0 Å². The van der Waals surface area contributed by atoms with Crippen LogP contribution in [0, 0.1) is 0 Å². The van der Waals surface area contributed by atoms with Crippen molar-refractivity contribution in [1.29, 1.82) is 0 Å². The van der Waals surface area contributed by atoms with Crippen molar-refractivity contribution >= 4 is 13.7 Å². The largest absolute Gasteiger partial charge is 0.472 e. The van der Waals surface area contributed by atoms with Gasteiger partial charge in [-0.05, 0) is 51.4 Å². The molecule has 0 aliphatic heterocycles. The van der Waals surface area contributed by atoms with Crippen LogP contribution in [0.4, 0.5) is 0 Å². The Morgan fingerprint density at radius 3 is 1.81 bits per heavy atom. The second kappa shape index (κ2) is 34.1. The van der Waals surface area contributed by atoms with Crippen LogP contribution >= 0.6 is 7.82 Å². The summed E-state index contributed by atoms with van der Waals surface area (Å²) < 4.78 is 22.0. The minimum Gasteiger partial charge on any atom is -0.393 e. The normalized spacial score (nSPS) is 15.4. The highest BCUT2D eigenvalue weighted by molar-refractivity contribution is 7.47. The summed E-state index contributed by atoms with van der Waals surface area (Å²) in [5.74, 6) is -0.458. The molecule has 0 saturated heterocycles. The third kappa shape index (κ3) is 31.9. The van der Waals surface area contributed by atoms with Crippen molar-refractivity contribution in [1.82, 2.24) is 5.32 Å². The number of hydrogen-bond donors (Lipinski definition) is 5. The number of unbranched alkanes of at least 4 members (excludes halogenated alkanes) is 17. The van der Waals surface area contributed by atoms with E-state index in [1.807, 2.05) is 6.08 Å². The Kier molecular flexibility index (Phi) is 33.2. The van der Waals surface area contributed by atoms with E-state index in [1.165, 1.54) is 70.6 Å². The van der Waals surface area contributed by atoms with Gasteiger partial charge >= 0.3 is 7.82 Å². The highest BCUT2D eigenvalue weighted by Gasteiger charge is 2.27. The van der Waals surface area contributed by atoms with E-state index >= 15 is 0 Å². The lowest BCUT2D eigenvalue weighted by molar-refractivity contribution is -0.124. The van der Waals surface area contributed by atoms with Crippen molar-refractivity contribution in [3.63, 3.8) is 0 Å². The van der Waals surface area contributed by atoms with Gasteiger partial charge in [0.25, 0.3) is 0 Å². The lowest BCUT2D eigenvalue weighted by Gasteiger charge is -2.24. The number of aliphatic hydroxyl groups is 2. The quantitative estimate of drug-likeness (QED) is 0.0250. The van der Waals surface area contributed by atoms with E-state index in [0.29, 0.717) is 6.42 Å². The van der Waals surface area contributed by atoms with Crippen LogP contribution in [0.15, 0.2) is 36.5 Å². The van der Waals surface area contributed by atoms with Crippen LogP contribution < -0.4 is 11.1 Å². The molecular weight excluding hydrogens is 627 g/mol. The van der Waals surface area contributed by atoms with Gasteiger partial charge in [0, 0.05) is 6.54 Å². The molecule has 1 amide bonds. The fraction of sp³-hybridized carbons (Fsp3) is 0.816. The summed E-state index contributed by atoms with van der Waals surface area (Å²) in [7, 11) is -4.39. The van der Waals surface area contributed by atoms with Gasteiger partial charge in [-0.2, -0.15) is 0 Å². The number of rotatable bonds is 35. The van der Waals surface area contributed by atoms with Gasteiger partial charge in [-0.1, -0.05) is 140 Å². The molecule has 0 rings (SSSR count). The van der Waals surface area contributed by atoms with E-state index in [0.717, 1.165) is 64.2 Å². The van der Waals surface area contributed by atoms with Crippen LogP contribution in [0.5, 0.6) is 0 Å². The van der Waals surface area contributed by atoms with Gasteiger partial charge < -0.3 is 26.2 Å². The van der Waals surface area contributed by atoms with Gasteiger partial charge in [-0.3, -0.25) is 13.8 Å². The molecule has 10 heteroatoms. The van der Waals surface area contributed by atoms with E-state index in [9.17, 15) is 24.5 Å². The van der Waals surface area contributed by atoms with Crippen molar-refractivity contribution in [3.8, 4) is 0 Å². The van der Waals surface area contributed by atoms with Gasteiger partial charge in [0.15, 0.2) is 0 Å². The zero-order chi connectivity index (χ0) is 35.6. The molecule has 0 heterocycles. The summed E-state index contributed by atoms with van der Waals surface area (Å²) in [5, 5.41) is 23.9. The van der Waals surface area contributed by atoms with Crippen LogP contribution in [0.1, 0.15) is 162 Å². The molecule has 0 aromatic heterocycles. The van der Waals surface area contributed by atoms with Crippen molar-refractivity contribution in [2.75, 3.05) is 19.8 Å². The van der Waals surface area contributed by atoms with E-state index in [-0.39, 0.29) is 19.6 Å². The number of amides is 1. The molecule has 0 fully saturated rings. The number of carbonyl (C=O) groups excluding carboxylic acids is 1. The standard InChI is InChI=1S/C38H73N2O7P/c1-3-5-7-9-11-13-15-16-17-18-20-21-23-25-27-29-35(41)33-38(43)40-36(34-47-48(44,45)46-32-31-39)37(42)30-28-26-24-22-19-14-12-10-8-6-4-2/h11,13,16-17,28,30,35-37,41-42H,3-10,12,14-15,18-27,29,31-34,39H2,1-2H3,(H,40,43)(H,44,45)/b13-11-,17-16-,30-28+. The number of carbonyl (C=O) groups is 1. The number of hydrogen-bond acceptors (Lipinski definition) is 7. The third-order valence-corrected chi connectivity index (χ3v) is 9.25. The van der Waals surface area contributed by atoms with Crippen molar-refractivity contribution < 1.29 is 33.5 Å². The number of phosphoric acid groups is 1. The first-order valence-electron chi connectivity index (χ1n) is 19.2. The molecule has 6 N–H and O–H groups in total. The van der Waals surface area contributed by atoms with Gasteiger partial charge in [0.1, 0.15) is 0 Å². The number of allylic oxidation sites excluding steroid dienone is 5. The second-order valence-corrected chi connectivity index (χ2v) is 14.4. The zero-order valence-corrected chi connectivity index (χ0v) is 31.5. The molecule has 0 bridgehead atoms. The van der Waals surface area contributed by atoms with Gasteiger partial charge in [-0.25, -0.2) is 4.57 Å². The van der Waals surface area contributed by atoms with Gasteiger partial charge in [0.05, 0.1) is 37.9 Å². The molecule has 0 aliphatic rings. The summed E-state index contributed by atoms with van der Waals surface area (Å²) >= 11 is 0. The maximum Gasteiger partial charge on any atom is 0.472 e. The first kappa shape index (κ1) is 46.7. The van der Waals surface area contributed by atoms with Crippen LogP contribution in [0.25, 0.3) is 0 Å². The predicted octanol–water partition coefficient (Wildman–Crippen LogP) is 8.97. The lowest BCUT2D eigenvalue weighted by Crippen LogP contribution is -2.46. The van der Waals surface area contributed by atoms with Gasteiger partial charge in [0.2, 0.25) is 5.91 Å². The average molecular weight is 701 g/mol. The van der Waals surface area contributed by atoms with E-state index in [2.05, 4.69) is 43.5 Å². The molecule has 9 nitrogen and oxygen atoms in total. The fourth-order valence-corrected chi connectivity index (χ4v) is 6.08. The van der Waals surface area contributed by atoms with E-state index in [4.69, 9.17) is 14.8 Å². The molecule has 0 saturated carbocycles. The lowest BCUT2D eigenvalue weighted by atomic mass is 10.0. The first-order chi connectivity index (χ1) is 23.3. The minimum absolute atomic E-state index is 0.0465. The number of aliphatic hydroxyl groups excluding tert-OH is 2. The molecule has 0 radical (unpaired) electrons. The Morgan fingerprint density at radius 2 is 1.23 bits per heavy atom. The summed E-state index contributed by atoms with van der Waals surface area (Å²) in [6, 6.07) is -0.984. The van der Waals surface area contributed by atoms with Crippen molar-refractivity contribution in [3.05, 3.63) is 36.5 Å². The summed E-state index contributed by atoms with van der Waals surface area (Å²) in [4.78, 5) is 22.6. The highest BCUT2D eigenvalue weighted by atomic mass is 31.2. The predicted molar refractivity (Wildman–Crippen MR) is 200 cm³/mol. The molecule has 48 heavy (non-hydrogen) atoms. The maximum absolute atomic E-state index is 12.7. The minimum atomic E-state index is -4.39. The zero-order valence-electron chi connectivity index (χ0n) is 30.6. The van der Waals surface area contributed by atoms with Crippen LogP contribution in [0.3, 0.4) is 0 Å². The highest BCUT2D eigenvalue weighted by Crippen LogP contribution is 2.43. The topological polar surface area (TPSA) is 151 Å². The molecular formula is C38H73N2O7P. The maximum atomic E-state index is 12.7. The molecule has 0 aliphatic carbocycles. The second-order valence-electron chi connectivity index (χ2n) is 13.0. The molecule has 282 valence electrons. The summed E-state index contributed by atoms with van der Waals surface area (Å²) in [6.45, 7) is 3.90. The Labute approximate surface area is 293 Å². The van der Waals surface area contributed by atoms with Crippen molar-refractivity contribution in [2.45, 2.75) is 180 Å². The van der Waals surface area contributed by atoms with E-state index in [1.54, 1.807) is 6.08 Å².